The Morgan fingerprint density at radius 1 is 1.20 bits per heavy atom. The number of hydrogen-bond acceptors (Lipinski definition) is 4. The molecule has 0 saturated carbocycles. The summed E-state index contributed by atoms with van der Waals surface area (Å²) in [5, 5.41) is 0. The number of nitrogens with zero attached hydrogens (tertiary/aromatic N) is 3. The van der Waals surface area contributed by atoms with Crippen LogP contribution in [0.2, 0.25) is 0 Å². The highest BCUT2D eigenvalue weighted by Crippen LogP contribution is 2.36. The van der Waals surface area contributed by atoms with Gasteiger partial charge in [0.05, 0.1) is 12.2 Å². The van der Waals surface area contributed by atoms with Crippen molar-refractivity contribution >= 4 is 0 Å². The second-order valence-corrected chi connectivity index (χ2v) is 7.40. The Morgan fingerprint density at radius 2 is 2.04 bits per heavy atom. The van der Waals surface area contributed by atoms with Crippen LogP contribution in [0, 0.1) is 5.82 Å². The molecule has 0 N–H and O–H groups in total. The molecule has 4 rings (SSSR count). The van der Waals surface area contributed by atoms with Crippen LogP contribution in [0.4, 0.5) is 4.39 Å². The molecule has 25 heavy (non-hydrogen) atoms. The summed E-state index contributed by atoms with van der Waals surface area (Å²) in [5.74, 6) is 1.44. The van der Waals surface area contributed by atoms with E-state index in [2.05, 4.69) is 21.8 Å². The van der Waals surface area contributed by atoms with Gasteiger partial charge in [0, 0.05) is 12.5 Å². The van der Waals surface area contributed by atoms with E-state index in [1.807, 2.05) is 12.3 Å². The third-order valence-corrected chi connectivity index (χ3v) is 5.58. The average molecular weight is 343 g/mol. The summed E-state index contributed by atoms with van der Waals surface area (Å²) in [6, 6.07) is 7.62. The lowest BCUT2D eigenvalue weighted by Crippen LogP contribution is -2.43. The maximum absolute atomic E-state index is 13.3. The van der Waals surface area contributed by atoms with Crippen LogP contribution in [-0.4, -0.2) is 47.5 Å². The quantitative estimate of drug-likeness (QED) is 0.848. The van der Waals surface area contributed by atoms with Gasteiger partial charge in [-0.25, -0.2) is 9.37 Å². The molecule has 1 aromatic carbocycles. The molecule has 0 radical (unpaired) electrons. The molecule has 5 heteroatoms. The van der Waals surface area contributed by atoms with Gasteiger partial charge in [-0.3, -0.25) is 4.90 Å². The van der Waals surface area contributed by atoms with Crippen molar-refractivity contribution in [1.29, 1.82) is 0 Å². The van der Waals surface area contributed by atoms with Crippen LogP contribution in [0.5, 0.6) is 0 Å². The van der Waals surface area contributed by atoms with E-state index in [-0.39, 0.29) is 5.82 Å². The van der Waals surface area contributed by atoms with E-state index in [1.165, 1.54) is 38.4 Å². The standard InChI is InChI=1S/C20H26FN3O/c1-23-10-7-17(8-11-23)24-9-3-6-19(24)20-22-14-18(25-20)13-15-4-2-5-16(21)12-15/h2,4-5,12,14,17,19H,3,6-11,13H2,1H3. The van der Waals surface area contributed by atoms with E-state index in [1.54, 1.807) is 12.1 Å². The van der Waals surface area contributed by atoms with E-state index in [9.17, 15) is 4.39 Å². The Morgan fingerprint density at radius 3 is 2.84 bits per heavy atom. The highest BCUT2D eigenvalue weighted by Gasteiger charge is 2.35. The third kappa shape index (κ3) is 3.77. The normalized spacial score (nSPS) is 23.4. The highest BCUT2D eigenvalue weighted by atomic mass is 19.1. The second-order valence-electron chi connectivity index (χ2n) is 7.40. The number of halogens is 1. The maximum Gasteiger partial charge on any atom is 0.211 e. The number of piperidine rings is 1. The summed E-state index contributed by atoms with van der Waals surface area (Å²) in [6.45, 7) is 3.48. The third-order valence-electron chi connectivity index (χ3n) is 5.58. The average Bonchev–Trinajstić information content (AvgIpc) is 3.24. The predicted octanol–water partition coefficient (Wildman–Crippen LogP) is 3.64. The number of likely N-dealkylation sites (tertiary alicyclic amines) is 2. The smallest absolute Gasteiger partial charge is 0.211 e. The van der Waals surface area contributed by atoms with Gasteiger partial charge in [-0.15, -0.1) is 0 Å². The Balaban J connectivity index is 1.45. The van der Waals surface area contributed by atoms with Crippen molar-refractivity contribution < 1.29 is 8.81 Å². The first kappa shape index (κ1) is 16.7. The van der Waals surface area contributed by atoms with Crippen molar-refractivity contribution in [1.82, 2.24) is 14.8 Å². The summed E-state index contributed by atoms with van der Waals surface area (Å²) >= 11 is 0. The topological polar surface area (TPSA) is 32.5 Å². The fourth-order valence-electron chi connectivity index (χ4n) is 4.22. The molecule has 1 aromatic heterocycles. The van der Waals surface area contributed by atoms with Crippen LogP contribution in [0.25, 0.3) is 0 Å². The lowest BCUT2D eigenvalue weighted by molar-refractivity contribution is 0.0985. The summed E-state index contributed by atoms with van der Waals surface area (Å²) in [6.07, 6.45) is 7.18. The Kier molecular flexibility index (Phi) is 4.86. The lowest BCUT2D eigenvalue weighted by Gasteiger charge is -2.37. The molecular formula is C20H26FN3O. The van der Waals surface area contributed by atoms with E-state index < -0.39 is 0 Å². The monoisotopic (exact) mass is 343 g/mol. The fraction of sp³-hybridized carbons (Fsp3) is 0.550. The number of aromatic nitrogens is 1. The van der Waals surface area contributed by atoms with E-state index >= 15 is 0 Å². The summed E-state index contributed by atoms with van der Waals surface area (Å²) < 4.78 is 19.4. The second kappa shape index (κ2) is 7.26. The number of benzene rings is 1. The predicted molar refractivity (Wildman–Crippen MR) is 94.9 cm³/mol. The van der Waals surface area contributed by atoms with Gasteiger partial charge < -0.3 is 9.32 Å². The van der Waals surface area contributed by atoms with Crippen LogP contribution < -0.4 is 0 Å². The zero-order valence-electron chi connectivity index (χ0n) is 14.8. The first-order valence-electron chi connectivity index (χ1n) is 9.32. The van der Waals surface area contributed by atoms with Crippen molar-refractivity contribution in [2.24, 2.45) is 0 Å². The van der Waals surface area contributed by atoms with Gasteiger partial charge in [0.1, 0.15) is 11.6 Å². The Labute approximate surface area is 148 Å². The molecule has 1 unspecified atom stereocenters. The van der Waals surface area contributed by atoms with Gasteiger partial charge >= 0.3 is 0 Å². The van der Waals surface area contributed by atoms with Crippen molar-refractivity contribution in [2.45, 2.75) is 44.2 Å². The van der Waals surface area contributed by atoms with Crippen LogP contribution in [0.3, 0.4) is 0 Å². The van der Waals surface area contributed by atoms with Crippen molar-refractivity contribution in [2.75, 3.05) is 26.7 Å². The van der Waals surface area contributed by atoms with Crippen molar-refractivity contribution in [3.63, 3.8) is 0 Å². The molecule has 0 spiro atoms. The minimum atomic E-state index is -0.207. The largest absolute Gasteiger partial charge is 0.444 e. The van der Waals surface area contributed by atoms with E-state index in [4.69, 9.17) is 4.42 Å². The molecule has 4 nitrogen and oxygen atoms in total. The summed E-state index contributed by atoms with van der Waals surface area (Å²) in [4.78, 5) is 9.57. The molecule has 2 fully saturated rings. The lowest BCUT2D eigenvalue weighted by atomic mass is 10.0. The zero-order chi connectivity index (χ0) is 17.2. The van der Waals surface area contributed by atoms with Gasteiger partial charge in [-0.2, -0.15) is 0 Å². The van der Waals surface area contributed by atoms with Crippen LogP contribution in [0.15, 0.2) is 34.9 Å². The fourth-order valence-corrected chi connectivity index (χ4v) is 4.22. The van der Waals surface area contributed by atoms with Gasteiger partial charge in [0.15, 0.2) is 0 Å². The minimum absolute atomic E-state index is 0.207. The molecule has 2 aliphatic heterocycles. The molecule has 2 saturated heterocycles. The van der Waals surface area contributed by atoms with Gasteiger partial charge in [-0.1, -0.05) is 12.1 Å². The molecule has 1 atom stereocenters. The van der Waals surface area contributed by atoms with Gasteiger partial charge in [0.25, 0.3) is 0 Å². The summed E-state index contributed by atoms with van der Waals surface area (Å²) in [7, 11) is 2.20. The molecule has 0 amide bonds. The first-order chi connectivity index (χ1) is 12.2. The molecule has 0 aliphatic carbocycles. The van der Waals surface area contributed by atoms with Crippen LogP contribution in [0.1, 0.15) is 48.9 Å². The van der Waals surface area contributed by atoms with E-state index in [0.717, 1.165) is 30.2 Å². The molecule has 3 heterocycles. The zero-order valence-corrected chi connectivity index (χ0v) is 14.8. The molecule has 2 aliphatic rings. The molecule has 2 aromatic rings. The molecular weight excluding hydrogens is 317 g/mol. The molecule has 0 bridgehead atoms. The van der Waals surface area contributed by atoms with Gasteiger partial charge in [0.2, 0.25) is 5.89 Å². The Bertz CT molecular complexity index is 708. The number of hydrogen-bond donors (Lipinski definition) is 0. The van der Waals surface area contributed by atoms with Gasteiger partial charge in [-0.05, 0) is 70.1 Å². The summed E-state index contributed by atoms with van der Waals surface area (Å²) in [5.41, 5.74) is 0.918. The van der Waals surface area contributed by atoms with Crippen molar-refractivity contribution in [3.8, 4) is 0 Å². The first-order valence-corrected chi connectivity index (χ1v) is 9.32. The Hall–Kier alpha value is -1.72. The number of rotatable bonds is 4. The highest BCUT2D eigenvalue weighted by molar-refractivity contribution is 5.21. The van der Waals surface area contributed by atoms with Crippen molar-refractivity contribution in [3.05, 3.63) is 53.5 Å². The maximum atomic E-state index is 13.3. The SMILES string of the molecule is CN1CCC(N2CCCC2c2ncc(Cc3cccc(F)c3)o2)CC1. The minimum Gasteiger partial charge on any atom is -0.444 e. The van der Waals surface area contributed by atoms with Crippen LogP contribution >= 0.6 is 0 Å². The van der Waals surface area contributed by atoms with Crippen LogP contribution in [-0.2, 0) is 6.42 Å². The van der Waals surface area contributed by atoms with E-state index in [0.29, 0.717) is 18.5 Å². The number of oxazole rings is 1. The molecule has 134 valence electrons.